The third kappa shape index (κ3) is 5.91. The van der Waals surface area contributed by atoms with E-state index in [1.54, 1.807) is 12.1 Å². The van der Waals surface area contributed by atoms with Crippen molar-refractivity contribution in [3.05, 3.63) is 82.4 Å². The molecule has 0 radical (unpaired) electrons. The predicted octanol–water partition coefficient (Wildman–Crippen LogP) is 5.56. The molecule has 1 unspecified atom stereocenters. The molecule has 0 aromatic heterocycles. The number of phenols is 3. The van der Waals surface area contributed by atoms with Crippen LogP contribution in [0.3, 0.4) is 0 Å². The van der Waals surface area contributed by atoms with Crippen LogP contribution in [0, 0.1) is 0 Å². The number of aromatic hydroxyl groups is 3. The van der Waals surface area contributed by atoms with Crippen molar-refractivity contribution in [2.75, 3.05) is 26.2 Å². The second kappa shape index (κ2) is 11.3. The Balaban J connectivity index is 1.30. The van der Waals surface area contributed by atoms with Crippen molar-refractivity contribution in [3.63, 3.8) is 0 Å². The number of nitrogens with zero attached hydrogens (tertiary/aromatic N) is 1. The number of rotatable bonds is 7. The first-order chi connectivity index (χ1) is 18.0. The van der Waals surface area contributed by atoms with Gasteiger partial charge in [-0.15, -0.1) is 0 Å². The first-order valence-corrected chi connectivity index (χ1v) is 13.3. The fourth-order valence-corrected chi connectivity index (χ4v) is 5.67. The third-order valence-electron chi connectivity index (χ3n) is 7.71. The van der Waals surface area contributed by atoms with Crippen LogP contribution in [0.15, 0.2) is 54.6 Å². The molecule has 6 heteroatoms. The Kier molecular flexibility index (Phi) is 7.65. The van der Waals surface area contributed by atoms with E-state index < -0.39 is 0 Å². The molecule has 1 saturated heterocycles. The van der Waals surface area contributed by atoms with Crippen LogP contribution in [0.25, 0.3) is 0 Å². The van der Waals surface area contributed by atoms with Gasteiger partial charge >= 0.3 is 0 Å². The van der Waals surface area contributed by atoms with Gasteiger partial charge in [-0.25, -0.2) is 0 Å². The second-order valence-electron chi connectivity index (χ2n) is 10.3. The van der Waals surface area contributed by atoms with Gasteiger partial charge in [-0.2, -0.15) is 0 Å². The Morgan fingerprint density at radius 2 is 1.54 bits per heavy atom. The number of likely N-dealkylation sites (tertiary alicyclic amines) is 1. The van der Waals surface area contributed by atoms with Crippen molar-refractivity contribution in [2.24, 2.45) is 0 Å². The lowest BCUT2D eigenvalue weighted by Gasteiger charge is -2.27. The highest BCUT2D eigenvalue weighted by Gasteiger charge is 2.32. The summed E-state index contributed by atoms with van der Waals surface area (Å²) in [6, 6.07) is 16.1. The van der Waals surface area contributed by atoms with Gasteiger partial charge in [0.2, 0.25) is 0 Å². The van der Waals surface area contributed by atoms with Crippen LogP contribution in [-0.4, -0.2) is 52.2 Å². The van der Waals surface area contributed by atoms with Crippen LogP contribution in [0.2, 0.25) is 0 Å². The van der Waals surface area contributed by atoms with Crippen LogP contribution in [0.1, 0.15) is 70.6 Å². The minimum absolute atomic E-state index is 0.00631. The molecular weight excluding hydrogens is 466 g/mol. The highest BCUT2D eigenvalue weighted by atomic mass is 16.5. The van der Waals surface area contributed by atoms with E-state index in [2.05, 4.69) is 4.90 Å². The third-order valence-corrected chi connectivity index (χ3v) is 7.71. The molecule has 3 N–H and O–H groups in total. The minimum Gasteiger partial charge on any atom is -0.508 e. The van der Waals surface area contributed by atoms with Crippen LogP contribution < -0.4 is 4.74 Å². The number of carbonyl (C=O) groups excluding carboxylic acids is 1. The molecule has 37 heavy (non-hydrogen) atoms. The lowest BCUT2D eigenvalue weighted by Crippen LogP contribution is -2.29. The molecule has 194 valence electrons. The van der Waals surface area contributed by atoms with Crippen molar-refractivity contribution >= 4 is 5.78 Å². The Morgan fingerprint density at radius 1 is 0.838 bits per heavy atom. The highest BCUT2D eigenvalue weighted by molar-refractivity contribution is 6.02. The summed E-state index contributed by atoms with van der Waals surface area (Å²) in [5, 5.41) is 30.9. The lowest BCUT2D eigenvalue weighted by atomic mass is 9.76. The molecule has 0 bridgehead atoms. The van der Waals surface area contributed by atoms with E-state index in [0.29, 0.717) is 36.1 Å². The zero-order chi connectivity index (χ0) is 25.8. The smallest absolute Gasteiger partial charge is 0.167 e. The van der Waals surface area contributed by atoms with Crippen molar-refractivity contribution in [3.8, 4) is 23.0 Å². The van der Waals surface area contributed by atoms with E-state index >= 15 is 0 Å². The van der Waals surface area contributed by atoms with E-state index in [1.807, 2.05) is 36.4 Å². The second-order valence-corrected chi connectivity index (χ2v) is 10.3. The molecule has 1 fully saturated rings. The zero-order valence-corrected chi connectivity index (χ0v) is 21.2. The molecule has 3 aromatic carbocycles. The molecular formula is C31H35NO5. The normalized spacial score (nSPS) is 18.3. The van der Waals surface area contributed by atoms with Gasteiger partial charge in [-0.3, -0.25) is 9.69 Å². The van der Waals surface area contributed by atoms with E-state index in [4.69, 9.17) is 4.74 Å². The number of benzene rings is 3. The maximum atomic E-state index is 13.0. The number of ether oxygens (including phenoxy) is 1. The van der Waals surface area contributed by atoms with Crippen molar-refractivity contribution in [2.45, 2.75) is 50.9 Å². The molecule has 0 spiro atoms. The molecule has 1 aliphatic carbocycles. The molecule has 3 aromatic rings. The van der Waals surface area contributed by atoms with Crippen LogP contribution in [0.4, 0.5) is 0 Å². The van der Waals surface area contributed by atoms with Gasteiger partial charge < -0.3 is 20.1 Å². The van der Waals surface area contributed by atoms with Crippen molar-refractivity contribution in [1.82, 2.24) is 4.90 Å². The van der Waals surface area contributed by atoms with Crippen molar-refractivity contribution < 1.29 is 24.9 Å². The fraction of sp³-hybridized carbons (Fsp3) is 0.387. The van der Waals surface area contributed by atoms with Gasteiger partial charge in [-0.05, 0) is 79.2 Å². The molecule has 1 heterocycles. The summed E-state index contributed by atoms with van der Waals surface area (Å²) < 4.78 is 5.98. The molecule has 2 aliphatic rings. The van der Waals surface area contributed by atoms with Gasteiger partial charge in [0.1, 0.15) is 29.6 Å². The number of phenolic OH excluding ortho intramolecular Hbond substituents is 3. The van der Waals surface area contributed by atoms with Gasteiger partial charge in [0, 0.05) is 31.0 Å². The van der Waals surface area contributed by atoms with Crippen LogP contribution in [-0.2, 0) is 12.8 Å². The first kappa shape index (κ1) is 25.2. The average molecular weight is 502 g/mol. The highest BCUT2D eigenvalue weighted by Crippen LogP contribution is 2.42. The number of Topliss-reactive ketones (excluding diaryl/α,β-unsaturated/α-hetero) is 1. The molecule has 0 saturated carbocycles. The van der Waals surface area contributed by atoms with E-state index in [-0.39, 0.29) is 35.4 Å². The minimum atomic E-state index is -0.168. The zero-order valence-electron chi connectivity index (χ0n) is 21.2. The summed E-state index contributed by atoms with van der Waals surface area (Å²) in [6.07, 6.45) is 6.43. The molecule has 5 rings (SSSR count). The van der Waals surface area contributed by atoms with E-state index in [9.17, 15) is 20.1 Å². The topological polar surface area (TPSA) is 90.2 Å². The lowest BCUT2D eigenvalue weighted by molar-refractivity contribution is 0.0961. The fourth-order valence-electron chi connectivity index (χ4n) is 5.67. The van der Waals surface area contributed by atoms with Gasteiger partial charge in [0.15, 0.2) is 5.78 Å². The van der Waals surface area contributed by atoms with Crippen molar-refractivity contribution in [1.29, 1.82) is 0 Å². The summed E-state index contributed by atoms with van der Waals surface area (Å²) in [5.74, 6) is 0.605. The molecule has 1 atom stereocenters. The summed E-state index contributed by atoms with van der Waals surface area (Å²) in [6.45, 7) is 3.90. The van der Waals surface area contributed by atoms with Gasteiger partial charge in [0.25, 0.3) is 0 Å². The number of hydrogen-bond donors (Lipinski definition) is 3. The quantitative estimate of drug-likeness (QED) is 0.393. The Labute approximate surface area is 218 Å². The summed E-state index contributed by atoms with van der Waals surface area (Å²) >= 11 is 0. The van der Waals surface area contributed by atoms with E-state index in [0.717, 1.165) is 36.5 Å². The number of fused-ring (bicyclic) bond motifs is 1. The first-order valence-electron chi connectivity index (χ1n) is 13.3. The Bertz CT molecular complexity index is 1230. The number of carbonyl (C=O) groups is 1. The largest absolute Gasteiger partial charge is 0.508 e. The summed E-state index contributed by atoms with van der Waals surface area (Å²) in [5.41, 5.74) is 3.62. The van der Waals surface area contributed by atoms with E-state index in [1.165, 1.54) is 31.7 Å². The number of ketones is 1. The summed E-state index contributed by atoms with van der Waals surface area (Å²) in [7, 11) is 0. The van der Waals surface area contributed by atoms with Gasteiger partial charge in [0.05, 0.1) is 5.56 Å². The molecule has 0 amide bonds. The van der Waals surface area contributed by atoms with Gasteiger partial charge in [-0.1, -0.05) is 37.1 Å². The maximum absolute atomic E-state index is 13.0. The standard InChI is InChI=1S/C31H35NO5/c33-24-9-7-22(8-10-24)23-18-27-26(28(34)20-30(36)31(27)29(35)19-23)17-21-5-11-25(12-6-21)37-16-15-32-13-3-1-2-4-14-32/h5-12,20,23,33-34,36H,1-4,13-19H2. The predicted molar refractivity (Wildman–Crippen MR) is 143 cm³/mol. The molecule has 6 nitrogen and oxygen atoms in total. The van der Waals surface area contributed by atoms with Crippen LogP contribution in [0.5, 0.6) is 23.0 Å². The molecule has 1 aliphatic heterocycles. The Hall–Kier alpha value is -3.51. The van der Waals surface area contributed by atoms with Crippen LogP contribution >= 0.6 is 0 Å². The Morgan fingerprint density at radius 3 is 2.24 bits per heavy atom. The SMILES string of the molecule is O=C1CC(c2ccc(O)cc2)Cc2c(Cc3ccc(OCCN4CCCCCC4)cc3)c(O)cc(O)c21. The summed E-state index contributed by atoms with van der Waals surface area (Å²) in [4.78, 5) is 15.5. The maximum Gasteiger partial charge on any atom is 0.167 e. The average Bonchev–Trinajstić information content (AvgIpc) is 3.16. The monoisotopic (exact) mass is 501 g/mol. The number of hydrogen-bond acceptors (Lipinski definition) is 6.